The van der Waals surface area contributed by atoms with Crippen molar-refractivity contribution in [3.05, 3.63) is 0 Å². The van der Waals surface area contributed by atoms with Crippen molar-refractivity contribution < 1.29 is 9.90 Å². The molecule has 1 aliphatic rings. The van der Waals surface area contributed by atoms with Crippen LogP contribution in [0.2, 0.25) is 0 Å². The van der Waals surface area contributed by atoms with Crippen LogP contribution in [0.15, 0.2) is 0 Å². The Morgan fingerprint density at radius 3 is 2.58 bits per heavy atom. The van der Waals surface area contributed by atoms with Gasteiger partial charge < -0.3 is 20.6 Å². The molecule has 0 aromatic rings. The molecule has 19 heavy (non-hydrogen) atoms. The fourth-order valence-electron chi connectivity index (χ4n) is 2.17. The molecule has 5 nitrogen and oxygen atoms in total. The third-order valence-electron chi connectivity index (χ3n) is 4.09. The number of likely N-dealkylation sites (tertiary alicyclic amines) is 1. The van der Waals surface area contributed by atoms with Gasteiger partial charge in [-0.2, -0.15) is 0 Å². The molecule has 0 spiro atoms. The molecule has 0 radical (unpaired) electrons. The number of urea groups is 1. The molecule has 0 aromatic heterocycles. The van der Waals surface area contributed by atoms with E-state index in [1.54, 1.807) is 0 Å². The predicted octanol–water partition coefficient (Wildman–Crippen LogP) is 1.03. The molecule has 0 bridgehead atoms. The maximum Gasteiger partial charge on any atom is 0.315 e. The topological polar surface area (TPSA) is 64.6 Å². The summed E-state index contributed by atoms with van der Waals surface area (Å²) >= 11 is 0. The monoisotopic (exact) mass is 271 g/mol. The SMILES string of the molecule is CC1CCN(CCNC(=O)NC(C)C(C)CO)CC1. The largest absolute Gasteiger partial charge is 0.396 e. The van der Waals surface area contributed by atoms with Crippen LogP contribution in [0, 0.1) is 11.8 Å². The van der Waals surface area contributed by atoms with Gasteiger partial charge in [0.15, 0.2) is 0 Å². The van der Waals surface area contributed by atoms with Gasteiger partial charge in [0.2, 0.25) is 0 Å². The van der Waals surface area contributed by atoms with E-state index in [4.69, 9.17) is 5.11 Å². The van der Waals surface area contributed by atoms with Crippen LogP contribution in [0.3, 0.4) is 0 Å². The number of carbonyl (C=O) groups is 1. The summed E-state index contributed by atoms with van der Waals surface area (Å²) in [5.41, 5.74) is 0. The molecule has 0 aromatic carbocycles. The second kappa shape index (κ2) is 8.38. The fourth-order valence-corrected chi connectivity index (χ4v) is 2.17. The molecule has 3 N–H and O–H groups in total. The minimum Gasteiger partial charge on any atom is -0.396 e. The Hall–Kier alpha value is -0.810. The van der Waals surface area contributed by atoms with Gasteiger partial charge in [0, 0.05) is 25.7 Å². The fraction of sp³-hybridized carbons (Fsp3) is 0.929. The Morgan fingerprint density at radius 1 is 1.37 bits per heavy atom. The smallest absolute Gasteiger partial charge is 0.315 e. The number of aliphatic hydroxyl groups excluding tert-OH is 1. The van der Waals surface area contributed by atoms with Gasteiger partial charge in [0.1, 0.15) is 0 Å². The van der Waals surface area contributed by atoms with E-state index < -0.39 is 0 Å². The van der Waals surface area contributed by atoms with Crippen LogP contribution in [-0.4, -0.2) is 54.9 Å². The van der Waals surface area contributed by atoms with Gasteiger partial charge >= 0.3 is 6.03 Å². The van der Waals surface area contributed by atoms with Gasteiger partial charge in [0.05, 0.1) is 0 Å². The van der Waals surface area contributed by atoms with Crippen LogP contribution in [0.5, 0.6) is 0 Å². The van der Waals surface area contributed by atoms with Crippen LogP contribution in [0.25, 0.3) is 0 Å². The standard InChI is InChI=1S/C14H29N3O2/c1-11-4-7-17(8-5-11)9-6-15-14(19)16-13(3)12(2)10-18/h11-13,18H,4-10H2,1-3H3,(H2,15,16,19). The zero-order valence-electron chi connectivity index (χ0n) is 12.5. The molecule has 0 aliphatic carbocycles. The third kappa shape index (κ3) is 6.25. The first kappa shape index (κ1) is 16.2. The summed E-state index contributed by atoms with van der Waals surface area (Å²) in [6.45, 7) is 10.1. The minimum absolute atomic E-state index is 0.0131. The molecule has 1 fully saturated rings. The van der Waals surface area contributed by atoms with E-state index >= 15 is 0 Å². The number of rotatable bonds is 6. The molecule has 2 atom stereocenters. The van der Waals surface area contributed by atoms with Crippen molar-refractivity contribution in [3.8, 4) is 0 Å². The van der Waals surface area contributed by atoms with E-state index in [-0.39, 0.29) is 24.6 Å². The highest BCUT2D eigenvalue weighted by Gasteiger charge is 2.16. The number of nitrogens with zero attached hydrogens (tertiary/aromatic N) is 1. The second-order valence-corrected chi connectivity index (χ2v) is 5.87. The first-order valence-corrected chi connectivity index (χ1v) is 7.40. The highest BCUT2D eigenvalue weighted by atomic mass is 16.3. The molecule has 0 saturated carbocycles. The Bertz CT molecular complexity index is 265. The molecule has 2 unspecified atom stereocenters. The van der Waals surface area contributed by atoms with Gasteiger partial charge in [-0.1, -0.05) is 13.8 Å². The molecule has 2 amide bonds. The normalized spacial score (nSPS) is 20.8. The summed E-state index contributed by atoms with van der Waals surface area (Å²) in [4.78, 5) is 14.0. The summed E-state index contributed by atoms with van der Waals surface area (Å²) < 4.78 is 0. The number of nitrogens with one attached hydrogen (secondary N) is 2. The summed E-state index contributed by atoms with van der Waals surface area (Å²) in [6.07, 6.45) is 2.52. The molecular formula is C14H29N3O2. The Kier molecular flexibility index (Phi) is 7.16. The van der Waals surface area contributed by atoms with E-state index in [0.29, 0.717) is 6.54 Å². The molecule has 1 saturated heterocycles. The lowest BCUT2D eigenvalue weighted by Gasteiger charge is -2.30. The van der Waals surface area contributed by atoms with E-state index in [1.807, 2.05) is 13.8 Å². The maximum absolute atomic E-state index is 11.6. The van der Waals surface area contributed by atoms with Gasteiger partial charge in [0.25, 0.3) is 0 Å². The van der Waals surface area contributed by atoms with Crippen molar-refractivity contribution in [1.29, 1.82) is 0 Å². The van der Waals surface area contributed by atoms with Crippen molar-refractivity contribution in [2.75, 3.05) is 32.8 Å². The zero-order chi connectivity index (χ0) is 14.3. The number of aliphatic hydroxyl groups is 1. The molecule has 1 heterocycles. The lowest BCUT2D eigenvalue weighted by molar-refractivity contribution is 0.187. The highest BCUT2D eigenvalue weighted by Crippen LogP contribution is 2.14. The summed E-state index contributed by atoms with van der Waals surface area (Å²) in [7, 11) is 0. The van der Waals surface area contributed by atoms with E-state index in [9.17, 15) is 4.79 Å². The van der Waals surface area contributed by atoms with Crippen molar-refractivity contribution in [2.45, 2.75) is 39.7 Å². The minimum atomic E-state index is -0.141. The average molecular weight is 271 g/mol. The second-order valence-electron chi connectivity index (χ2n) is 5.87. The molecule has 5 heteroatoms. The summed E-state index contributed by atoms with van der Waals surface area (Å²) in [6, 6.07) is -0.154. The number of hydrogen-bond donors (Lipinski definition) is 3. The van der Waals surface area contributed by atoms with Crippen LogP contribution < -0.4 is 10.6 Å². The Labute approximate surface area is 116 Å². The van der Waals surface area contributed by atoms with Crippen molar-refractivity contribution in [3.63, 3.8) is 0 Å². The summed E-state index contributed by atoms with van der Waals surface area (Å²) in [5, 5.41) is 14.7. The van der Waals surface area contributed by atoms with Gasteiger partial charge in [-0.25, -0.2) is 4.79 Å². The first-order valence-electron chi connectivity index (χ1n) is 7.40. The molecule has 1 rings (SSSR count). The van der Waals surface area contributed by atoms with Crippen LogP contribution in [0.4, 0.5) is 4.79 Å². The summed E-state index contributed by atoms with van der Waals surface area (Å²) in [5.74, 6) is 0.919. The lowest BCUT2D eigenvalue weighted by atomic mass is 9.99. The molecule has 1 aliphatic heterocycles. The van der Waals surface area contributed by atoms with E-state index in [2.05, 4.69) is 22.5 Å². The van der Waals surface area contributed by atoms with Crippen LogP contribution >= 0.6 is 0 Å². The van der Waals surface area contributed by atoms with Crippen molar-refractivity contribution >= 4 is 6.03 Å². The average Bonchev–Trinajstić information content (AvgIpc) is 2.40. The van der Waals surface area contributed by atoms with Crippen molar-refractivity contribution in [1.82, 2.24) is 15.5 Å². The lowest BCUT2D eigenvalue weighted by Crippen LogP contribution is -2.46. The van der Waals surface area contributed by atoms with Crippen molar-refractivity contribution in [2.24, 2.45) is 11.8 Å². The third-order valence-corrected chi connectivity index (χ3v) is 4.09. The van der Waals surface area contributed by atoms with Crippen LogP contribution in [0.1, 0.15) is 33.6 Å². The number of amides is 2. The Morgan fingerprint density at radius 2 is 2.00 bits per heavy atom. The van der Waals surface area contributed by atoms with E-state index in [0.717, 1.165) is 25.6 Å². The van der Waals surface area contributed by atoms with Gasteiger partial charge in [-0.05, 0) is 44.7 Å². The molecule has 112 valence electrons. The molecular weight excluding hydrogens is 242 g/mol. The predicted molar refractivity (Wildman–Crippen MR) is 77.1 cm³/mol. The van der Waals surface area contributed by atoms with E-state index in [1.165, 1.54) is 12.8 Å². The first-order chi connectivity index (χ1) is 9.02. The zero-order valence-corrected chi connectivity index (χ0v) is 12.5. The Balaban J connectivity index is 2.10. The number of carbonyl (C=O) groups excluding carboxylic acids is 1. The van der Waals surface area contributed by atoms with Gasteiger partial charge in [-0.3, -0.25) is 0 Å². The van der Waals surface area contributed by atoms with Crippen LogP contribution in [-0.2, 0) is 0 Å². The highest BCUT2D eigenvalue weighted by molar-refractivity contribution is 5.74. The number of hydrogen-bond acceptors (Lipinski definition) is 3. The van der Waals surface area contributed by atoms with Gasteiger partial charge in [-0.15, -0.1) is 0 Å². The number of piperidine rings is 1. The maximum atomic E-state index is 11.6. The quantitative estimate of drug-likeness (QED) is 0.676.